The minimum atomic E-state index is -0.807. The summed E-state index contributed by atoms with van der Waals surface area (Å²) in [6, 6.07) is 9.35. The molecule has 0 saturated heterocycles. The van der Waals surface area contributed by atoms with Crippen molar-refractivity contribution in [3.05, 3.63) is 86.3 Å². The van der Waals surface area contributed by atoms with Crippen molar-refractivity contribution in [1.82, 2.24) is 9.97 Å². The van der Waals surface area contributed by atoms with Gasteiger partial charge in [-0.05, 0) is 49.7 Å². The highest BCUT2D eigenvalue weighted by molar-refractivity contribution is 7.14. The van der Waals surface area contributed by atoms with Gasteiger partial charge < -0.3 is 5.11 Å². The summed E-state index contributed by atoms with van der Waals surface area (Å²) in [6.45, 7) is 3.54. The molecule has 1 aliphatic heterocycles. The second-order valence-corrected chi connectivity index (χ2v) is 8.22. The molecule has 0 saturated carbocycles. The quantitative estimate of drug-likeness (QED) is 0.618. The van der Waals surface area contributed by atoms with Crippen molar-refractivity contribution in [2.45, 2.75) is 19.9 Å². The van der Waals surface area contributed by atoms with Crippen molar-refractivity contribution in [3.8, 4) is 0 Å². The standard InChI is InChI=1S/C21H16ClN3O3S/c1-11-20(29-12(2)24-11)18(26)16-17(13-6-8-23-9-7-13)25(21(28)19(16)27)15-5-3-4-14(22)10-15/h3-10,17,27H,1-2H3. The number of ketones is 1. The van der Waals surface area contributed by atoms with E-state index in [1.807, 2.05) is 0 Å². The lowest BCUT2D eigenvalue weighted by atomic mass is 9.95. The summed E-state index contributed by atoms with van der Waals surface area (Å²) in [4.78, 5) is 36.5. The van der Waals surface area contributed by atoms with Crippen LogP contribution in [-0.4, -0.2) is 26.8 Å². The van der Waals surface area contributed by atoms with E-state index in [9.17, 15) is 14.7 Å². The van der Waals surface area contributed by atoms with Crippen LogP contribution >= 0.6 is 22.9 Å². The van der Waals surface area contributed by atoms with E-state index in [-0.39, 0.29) is 5.57 Å². The van der Waals surface area contributed by atoms with Gasteiger partial charge in [-0.15, -0.1) is 11.3 Å². The van der Waals surface area contributed by atoms with Gasteiger partial charge in [0.1, 0.15) is 0 Å². The molecule has 1 amide bonds. The van der Waals surface area contributed by atoms with Crippen molar-refractivity contribution >= 4 is 40.3 Å². The number of nitrogens with zero attached hydrogens (tertiary/aromatic N) is 3. The zero-order valence-corrected chi connectivity index (χ0v) is 17.2. The molecule has 2 aromatic heterocycles. The number of amides is 1. The second kappa shape index (κ2) is 7.42. The van der Waals surface area contributed by atoms with Crippen LogP contribution in [-0.2, 0) is 4.79 Å². The number of halogens is 1. The summed E-state index contributed by atoms with van der Waals surface area (Å²) in [6.07, 6.45) is 3.16. The van der Waals surface area contributed by atoms with Gasteiger partial charge in [-0.3, -0.25) is 19.5 Å². The van der Waals surface area contributed by atoms with Gasteiger partial charge in [0.15, 0.2) is 5.76 Å². The minimum absolute atomic E-state index is 0.0212. The molecular formula is C21H16ClN3O3S. The highest BCUT2D eigenvalue weighted by atomic mass is 35.5. The van der Waals surface area contributed by atoms with Crippen LogP contribution in [0.1, 0.15) is 32.0 Å². The predicted octanol–water partition coefficient (Wildman–Crippen LogP) is 4.59. The van der Waals surface area contributed by atoms with Gasteiger partial charge in [0, 0.05) is 23.1 Å². The molecule has 1 aliphatic rings. The molecule has 1 N–H and O–H groups in total. The van der Waals surface area contributed by atoms with Crippen LogP contribution in [0.3, 0.4) is 0 Å². The molecule has 0 bridgehead atoms. The molecular weight excluding hydrogens is 410 g/mol. The van der Waals surface area contributed by atoms with E-state index in [1.54, 1.807) is 62.6 Å². The van der Waals surface area contributed by atoms with Crippen molar-refractivity contribution < 1.29 is 14.7 Å². The maximum Gasteiger partial charge on any atom is 0.294 e. The molecule has 29 heavy (non-hydrogen) atoms. The number of Topliss-reactive ketones (excluding diaryl/α,β-unsaturated/α-hetero) is 1. The van der Waals surface area contributed by atoms with Gasteiger partial charge in [-0.25, -0.2) is 4.98 Å². The Labute approximate surface area is 176 Å². The van der Waals surface area contributed by atoms with Gasteiger partial charge in [0.25, 0.3) is 5.91 Å². The van der Waals surface area contributed by atoms with Crippen LogP contribution in [0.2, 0.25) is 5.02 Å². The Morgan fingerprint density at radius 1 is 1.21 bits per heavy atom. The molecule has 8 heteroatoms. The lowest BCUT2D eigenvalue weighted by Crippen LogP contribution is -2.31. The third-order valence-electron chi connectivity index (χ3n) is 4.67. The number of anilines is 1. The molecule has 1 aromatic carbocycles. The van der Waals surface area contributed by atoms with Crippen LogP contribution in [0, 0.1) is 13.8 Å². The fourth-order valence-corrected chi connectivity index (χ4v) is 4.51. The van der Waals surface area contributed by atoms with Crippen molar-refractivity contribution in [2.75, 3.05) is 4.90 Å². The third-order valence-corrected chi connectivity index (χ3v) is 5.98. The molecule has 3 aromatic rings. The number of aliphatic hydroxyl groups excluding tert-OH is 1. The minimum Gasteiger partial charge on any atom is -0.503 e. The van der Waals surface area contributed by atoms with Gasteiger partial charge in [0.2, 0.25) is 5.78 Å². The SMILES string of the molecule is Cc1nc(C)c(C(=O)C2=C(O)C(=O)N(c3cccc(Cl)c3)C2c2ccncc2)s1. The number of hydrogen-bond donors (Lipinski definition) is 1. The summed E-state index contributed by atoms with van der Waals surface area (Å²) >= 11 is 7.36. The maximum absolute atomic E-state index is 13.4. The topological polar surface area (TPSA) is 83.4 Å². The number of hydrogen-bond acceptors (Lipinski definition) is 6. The van der Waals surface area contributed by atoms with Crippen LogP contribution < -0.4 is 4.90 Å². The molecule has 146 valence electrons. The smallest absolute Gasteiger partial charge is 0.294 e. The zero-order chi connectivity index (χ0) is 20.7. The molecule has 0 radical (unpaired) electrons. The van der Waals surface area contributed by atoms with Gasteiger partial charge in [-0.1, -0.05) is 17.7 Å². The Hall–Kier alpha value is -3.03. The molecule has 1 unspecified atom stereocenters. The first kappa shape index (κ1) is 19.3. The van der Waals surface area contributed by atoms with Crippen LogP contribution in [0.25, 0.3) is 0 Å². The Bertz CT molecular complexity index is 1160. The number of aromatic nitrogens is 2. The van der Waals surface area contributed by atoms with Crippen LogP contribution in [0.4, 0.5) is 5.69 Å². The van der Waals surface area contributed by atoms with Crippen molar-refractivity contribution in [2.24, 2.45) is 0 Å². The number of carbonyl (C=O) groups excluding carboxylic acids is 2. The maximum atomic E-state index is 13.4. The number of carbonyl (C=O) groups is 2. The molecule has 4 rings (SSSR count). The van der Waals surface area contributed by atoms with Crippen molar-refractivity contribution in [3.63, 3.8) is 0 Å². The number of thiazole rings is 1. The first-order valence-electron chi connectivity index (χ1n) is 8.79. The summed E-state index contributed by atoms with van der Waals surface area (Å²) in [5, 5.41) is 11.9. The normalized spacial score (nSPS) is 16.6. The Morgan fingerprint density at radius 3 is 2.55 bits per heavy atom. The third kappa shape index (κ3) is 3.32. The summed E-state index contributed by atoms with van der Waals surface area (Å²) in [7, 11) is 0. The van der Waals surface area contributed by atoms with E-state index in [4.69, 9.17) is 11.6 Å². The summed E-state index contributed by atoms with van der Waals surface area (Å²) in [5.74, 6) is -1.64. The lowest BCUT2D eigenvalue weighted by Gasteiger charge is -2.26. The van der Waals surface area contributed by atoms with Crippen LogP contribution in [0.15, 0.2) is 60.1 Å². The van der Waals surface area contributed by atoms with Crippen molar-refractivity contribution in [1.29, 1.82) is 0 Å². The Kier molecular flexibility index (Phi) is 4.94. The van der Waals surface area contributed by atoms with Gasteiger partial charge in [0.05, 0.1) is 27.2 Å². The summed E-state index contributed by atoms with van der Waals surface area (Å²) in [5.41, 5.74) is 1.73. The molecule has 0 spiro atoms. The van der Waals surface area contributed by atoms with Gasteiger partial charge >= 0.3 is 0 Å². The Balaban J connectivity index is 1.90. The van der Waals surface area contributed by atoms with Gasteiger partial charge in [-0.2, -0.15) is 0 Å². The van der Waals surface area contributed by atoms with E-state index in [0.29, 0.717) is 26.8 Å². The number of aliphatic hydroxyl groups is 1. The first-order chi connectivity index (χ1) is 13.9. The highest BCUT2D eigenvalue weighted by Gasteiger charge is 2.45. The first-order valence-corrected chi connectivity index (χ1v) is 9.99. The fraction of sp³-hybridized carbons (Fsp3) is 0.143. The highest BCUT2D eigenvalue weighted by Crippen LogP contribution is 2.42. The lowest BCUT2D eigenvalue weighted by molar-refractivity contribution is -0.117. The number of pyridine rings is 1. The average molecular weight is 426 g/mol. The molecule has 1 atom stereocenters. The van der Waals surface area contributed by atoms with E-state index in [1.165, 1.54) is 16.2 Å². The average Bonchev–Trinajstić information content (AvgIpc) is 3.18. The zero-order valence-electron chi connectivity index (χ0n) is 15.6. The molecule has 3 heterocycles. The summed E-state index contributed by atoms with van der Waals surface area (Å²) < 4.78 is 0. The molecule has 0 aliphatic carbocycles. The van der Waals surface area contributed by atoms with E-state index in [2.05, 4.69) is 9.97 Å². The number of benzene rings is 1. The predicted molar refractivity (Wildman–Crippen MR) is 111 cm³/mol. The van der Waals surface area contributed by atoms with E-state index < -0.39 is 23.5 Å². The monoisotopic (exact) mass is 425 g/mol. The van der Waals surface area contributed by atoms with Crippen LogP contribution in [0.5, 0.6) is 0 Å². The number of rotatable bonds is 4. The number of aryl methyl sites for hydroxylation is 2. The fourth-order valence-electron chi connectivity index (χ4n) is 3.45. The largest absolute Gasteiger partial charge is 0.503 e. The second-order valence-electron chi connectivity index (χ2n) is 6.58. The Morgan fingerprint density at radius 2 is 1.93 bits per heavy atom. The van der Waals surface area contributed by atoms with E-state index in [0.717, 1.165) is 5.01 Å². The van der Waals surface area contributed by atoms with E-state index >= 15 is 0 Å². The molecule has 0 fully saturated rings. The molecule has 6 nitrogen and oxygen atoms in total.